The van der Waals surface area contributed by atoms with Crippen LogP contribution in [0.2, 0.25) is 0 Å². The number of hydrogen-bond acceptors (Lipinski definition) is 2. The van der Waals surface area contributed by atoms with E-state index in [1.165, 1.54) is 0 Å². The second kappa shape index (κ2) is 3.13. The first kappa shape index (κ1) is 7.08. The molecule has 0 bridgehead atoms. The summed E-state index contributed by atoms with van der Waals surface area (Å²) in [5, 5.41) is 2.86. The molecular formula is C6H12N2. The van der Waals surface area contributed by atoms with E-state index in [0.29, 0.717) is 0 Å². The van der Waals surface area contributed by atoms with E-state index in [0.717, 1.165) is 11.4 Å². The van der Waals surface area contributed by atoms with Gasteiger partial charge in [-0.3, -0.25) is 0 Å². The standard InChI is InChI=1S/C6H12N2/c1-5(2)8-4-6(3)7/h4,8H,1,7H2,2-3H3/b6-4-. The number of hydrogen-bond donors (Lipinski definition) is 2. The van der Waals surface area contributed by atoms with Gasteiger partial charge in [0.1, 0.15) is 0 Å². The Morgan fingerprint density at radius 1 is 1.62 bits per heavy atom. The first-order valence-electron chi connectivity index (χ1n) is 2.47. The van der Waals surface area contributed by atoms with E-state index in [-0.39, 0.29) is 0 Å². The van der Waals surface area contributed by atoms with Crippen LogP contribution in [0.5, 0.6) is 0 Å². The zero-order valence-electron chi connectivity index (χ0n) is 5.36. The highest BCUT2D eigenvalue weighted by molar-refractivity contribution is 4.97. The van der Waals surface area contributed by atoms with Crippen molar-refractivity contribution in [1.82, 2.24) is 5.32 Å². The van der Waals surface area contributed by atoms with Crippen LogP contribution in [-0.4, -0.2) is 0 Å². The SMILES string of the molecule is C=C(C)N/C=C(/C)N. The smallest absolute Gasteiger partial charge is 0.0212 e. The summed E-state index contributed by atoms with van der Waals surface area (Å²) in [7, 11) is 0. The summed E-state index contributed by atoms with van der Waals surface area (Å²) in [6, 6.07) is 0. The molecule has 0 saturated heterocycles. The lowest BCUT2D eigenvalue weighted by Crippen LogP contribution is -2.03. The van der Waals surface area contributed by atoms with Crippen LogP contribution in [0.25, 0.3) is 0 Å². The van der Waals surface area contributed by atoms with Gasteiger partial charge in [0.2, 0.25) is 0 Å². The minimum absolute atomic E-state index is 0.757. The highest BCUT2D eigenvalue weighted by Crippen LogP contribution is 1.80. The Hall–Kier alpha value is -0.920. The maximum atomic E-state index is 5.30. The van der Waals surface area contributed by atoms with Crippen molar-refractivity contribution >= 4 is 0 Å². The molecule has 3 N–H and O–H groups in total. The predicted molar refractivity (Wildman–Crippen MR) is 35.9 cm³/mol. The maximum Gasteiger partial charge on any atom is 0.0212 e. The summed E-state index contributed by atoms with van der Waals surface area (Å²) in [4.78, 5) is 0. The Bertz CT molecular complexity index is 110. The molecule has 0 aliphatic carbocycles. The monoisotopic (exact) mass is 112 g/mol. The van der Waals surface area contributed by atoms with E-state index in [9.17, 15) is 0 Å². The molecule has 46 valence electrons. The molecule has 0 aromatic rings. The van der Waals surface area contributed by atoms with Crippen LogP contribution in [0.1, 0.15) is 13.8 Å². The van der Waals surface area contributed by atoms with E-state index >= 15 is 0 Å². The second-order valence-corrected chi connectivity index (χ2v) is 1.81. The fraction of sp³-hybridized carbons (Fsp3) is 0.333. The first-order valence-corrected chi connectivity index (χ1v) is 2.47. The van der Waals surface area contributed by atoms with Crippen LogP contribution >= 0.6 is 0 Å². The molecule has 0 spiro atoms. The molecule has 0 amide bonds. The average Bonchev–Trinajstić information content (AvgIpc) is 1.61. The fourth-order valence-corrected chi connectivity index (χ4v) is 0.237. The van der Waals surface area contributed by atoms with Crippen LogP contribution < -0.4 is 11.1 Å². The number of nitrogens with one attached hydrogen (secondary N) is 1. The summed E-state index contributed by atoms with van der Waals surface area (Å²) in [6.45, 7) is 7.31. The lowest BCUT2D eigenvalue weighted by atomic mass is 10.5. The molecule has 2 nitrogen and oxygen atoms in total. The molecule has 0 heterocycles. The minimum Gasteiger partial charge on any atom is -0.401 e. The van der Waals surface area contributed by atoms with Gasteiger partial charge in [-0.25, -0.2) is 0 Å². The Kier molecular flexibility index (Phi) is 2.77. The van der Waals surface area contributed by atoms with Gasteiger partial charge in [-0.1, -0.05) is 6.58 Å². The van der Waals surface area contributed by atoms with Crippen molar-refractivity contribution in [3.8, 4) is 0 Å². The van der Waals surface area contributed by atoms with Gasteiger partial charge in [-0.2, -0.15) is 0 Å². The largest absolute Gasteiger partial charge is 0.401 e. The minimum atomic E-state index is 0.757. The van der Waals surface area contributed by atoms with E-state index in [2.05, 4.69) is 11.9 Å². The number of allylic oxidation sites excluding steroid dienone is 2. The summed E-state index contributed by atoms with van der Waals surface area (Å²) in [5.41, 5.74) is 6.95. The zero-order chi connectivity index (χ0) is 6.57. The molecule has 0 aliphatic rings. The van der Waals surface area contributed by atoms with Crippen LogP contribution in [-0.2, 0) is 0 Å². The van der Waals surface area contributed by atoms with Crippen molar-refractivity contribution in [3.05, 3.63) is 24.2 Å². The van der Waals surface area contributed by atoms with Gasteiger partial charge in [-0.15, -0.1) is 0 Å². The lowest BCUT2D eigenvalue weighted by Gasteiger charge is -1.95. The molecular weight excluding hydrogens is 100 g/mol. The molecule has 0 rings (SSSR count). The third-order valence-corrected chi connectivity index (χ3v) is 0.546. The van der Waals surface area contributed by atoms with Crippen molar-refractivity contribution in [2.75, 3.05) is 0 Å². The predicted octanol–water partition coefficient (Wildman–Crippen LogP) is 0.930. The molecule has 0 aliphatic heterocycles. The van der Waals surface area contributed by atoms with Gasteiger partial charge in [0.25, 0.3) is 0 Å². The Balaban J connectivity index is 3.45. The van der Waals surface area contributed by atoms with Crippen LogP contribution in [0.3, 0.4) is 0 Å². The number of nitrogens with two attached hydrogens (primary N) is 1. The highest BCUT2D eigenvalue weighted by atomic mass is 14.9. The summed E-state index contributed by atoms with van der Waals surface area (Å²) in [5.74, 6) is 0. The molecule has 0 aromatic carbocycles. The molecule has 0 atom stereocenters. The van der Waals surface area contributed by atoms with Gasteiger partial charge in [0.15, 0.2) is 0 Å². The fourth-order valence-electron chi connectivity index (χ4n) is 0.237. The number of rotatable bonds is 2. The van der Waals surface area contributed by atoms with Gasteiger partial charge in [0.05, 0.1) is 0 Å². The molecule has 0 aromatic heterocycles. The Morgan fingerprint density at radius 2 is 2.12 bits per heavy atom. The van der Waals surface area contributed by atoms with Gasteiger partial charge in [-0.05, 0) is 13.8 Å². The van der Waals surface area contributed by atoms with Crippen molar-refractivity contribution < 1.29 is 0 Å². The van der Waals surface area contributed by atoms with Crippen molar-refractivity contribution in [2.24, 2.45) is 5.73 Å². The van der Waals surface area contributed by atoms with E-state index in [4.69, 9.17) is 5.73 Å². The maximum absolute atomic E-state index is 5.30. The van der Waals surface area contributed by atoms with Crippen LogP contribution in [0, 0.1) is 0 Å². The summed E-state index contributed by atoms with van der Waals surface area (Å²) in [6.07, 6.45) is 1.71. The third kappa shape index (κ3) is 5.08. The van der Waals surface area contributed by atoms with E-state index in [1.54, 1.807) is 6.20 Å². The van der Waals surface area contributed by atoms with Gasteiger partial charge in [0, 0.05) is 17.6 Å². The highest BCUT2D eigenvalue weighted by Gasteiger charge is 1.75. The molecule has 0 saturated carbocycles. The Morgan fingerprint density at radius 3 is 2.25 bits per heavy atom. The van der Waals surface area contributed by atoms with E-state index in [1.807, 2.05) is 13.8 Å². The van der Waals surface area contributed by atoms with Crippen molar-refractivity contribution in [3.63, 3.8) is 0 Å². The molecule has 0 fully saturated rings. The topological polar surface area (TPSA) is 38.0 Å². The molecule has 2 heteroatoms. The van der Waals surface area contributed by atoms with Crippen LogP contribution in [0.4, 0.5) is 0 Å². The molecule has 8 heavy (non-hydrogen) atoms. The Labute approximate surface area is 50.1 Å². The third-order valence-electron chi connectivity index (χ3n) is 0.546. The molecule has 0 unspecified atom stereocenters. The lowest BCUT2D eigenvalue weighted by molar-refractivity contribution is 1.04. The van der Waals surface area contributed by atoms with Crippen LogP contribution in [0.15, 0.2) is 24.2 Å². The molecule has 0 radical (unpaired) electrons. The average molecular weight is 112 g/mol. The normalized spacial score (nSPS) is 11.0. The quantitative estimate of drug-likeness (QED) is 0.557. The zero-order valence-corrected chi connectivity index (χ0v) is 5.36. The summed E-state index contributed by atoms with van der Waals surface area (Å²) < 4.78 is 0. The first-order chi connectivity index (χ1) is 3.63. The van der Waals surface area contributed by atoms with Crippen molar-refractivity contribution in [2.45, 2.75) is 13.8 Å². The summed E-state index contributed by atoms with van der Waals surface area (Å²) >= 11 is 0. The van der Waals surface area contributed by atoms with Crippen molar-refractivity contribution in [1.29, 1.82) is 0 Å². The van der Waals surface area contributed by atoms with Gasteiger partial charge < -0.3 is 11.1 Å². The van der Waals surface area contributed by atoms with E-state index < -0.39 is 0 Å². The van der Waals surface area contributed by atoms with Gasteiger partial charge >= 0.3 is 0 Å². The second-order valence-electron chi connectivity index (χ2n) is 1.81.